The van der Waals surface area contributed by atoms with Gasteiger partial charge in [-0.2, -0.15) is 5.26 Å². The molecule has 1 aliphatic rings. The van der Waals surface area contributed by atoms with Gasteiger partial charge in [-0.05, 0) is 24.6 Å². The fourth-order valence-electron chi connectivity index (χ4n) is 2.26. The van der Waals surface area contributed by atoms with E-state index < -0.39 is 5.82 Å². The maximum Gasteiger partial charge on any atom is 0.222 e. The van der Waals surface area contributed by atoms with E-state index in [1.165, 1.54) is 12.1 Å². The number of anilines is 1. The molecular weight excluding hydrogens is 245 g/mol. The molecule has 19 heavy (non-hydrogen) atoms. The van der Waals surface area contributed by atoms with E-state index in [1.54, 1.807) is 6.07 Å². The molecule has 0 bridgehead atoms. The quantitative estimate of drug-likeness (QED) is 0.829. The van der Waals surface area contributed by atoms with Gasteiger partial charge in [0.2, 0.25) is 5.91 Å². The Labute approximate surface area is 112 Å². The number of hydrogen-bond acceptors (Lipinski definition) is 3. The molecule has 1 aromatic rings. The Morgan fingerprint density at radius 1 is 1.53 bits per heavy atom. The first kappa shape index (κ1) is 13.3. The predicted molar refractivity (Wildman–Crippen MR) is 70.2 cm³/mol. The summed E-state index contributed by atoms with van der Waals surface area (Å²) >= 11 is 0. The van der Waals surface area contributed by atoms with Crippen molar-refractivity contribution in [3.63, 3.8) is 0 Å². The molecule has 0 atom stereocenters. The first-order valence-electron chi connectivity index (χ1n) is 6.30. The minimum atomic E-state index is -0.413. The van der Waals surface area contributed by atoms with Gasteiger partial charge in [0, 0.05) is 33.1 Å². The number of carbonyl (C=O) groups is 1. The van der Waals surface area contributed by atoms with Gasteiger partial charge in [-0.15, -0.1) is 0 Å². The molecule has 0 aromatic heterocycles. The highest BCUT2D eigenvalue weighted by Crippen LogP contribution is 2.20. The topological polar surface area (TPSA) is 47.3 Å². The maximum atomic E-state index is 13.1. The van der Waals surface area contributed by atoms with E-state index in [0.717, 1.165) is 13.0 Å². The number of nitriles is 1. The van der Waals surface area contributed by atoms with Gasteiger partial charge in [-0.3, -0.25) is 4.79 Å². The third kappa shape index (κ3) is 3.02. The summed E-state index contributed by atoms with van der Waals surface area (Å²) in [5, 5.41) is 9.01. The van der Waals surface area contributed by atoms with Crippen molar-refractivity contribution in [2.75, 3.05) is 31.6 Å². The summed E-state index contributed by atoms with van der Waals surface area (Å²) in [5.74, 6) is -0.226. The van der Waals surface area contributed by atoms with Gasteiger partial charge in [-0.25, -0.2) is 4.39 Å². The van der Waals surface area contributed by atoms with Crippen molar-refractivity contribution < 1.29 is 9.18 Å². The molecule has 0 saturated carbocycles. The van der Waals surface area contributed by atoms with Crippen LogP contribution >= 0.6 is 0 Å². The second-order valence-electron chi connectivity index (χ2n) is 4.68. The molecule has 0 radical (unpaired) electrons. The van der Waals surface area contributed by atoms with Crippen molar-refractivity contribution >= 4 is 11.6 Å². The number of halogens is 1. The van der Waals surface area contributed by atoms with Crippen LogP contribution in [0.2, 0.25) is 0 Å². The number of hydrogen-bond donors (Lipinski definition) is 0. The average molecular weight is 261 g/mol. The lowest BCUT2D eigenvalue weighted by molar-refractivity contribution is -0.127. The number of likely N-dealkylation sites (N-methyl/N-ethyl adjacent to an activating group) is 1. The Bertz CT molecular complexity index is 524. The Hall–Kier alpha value is -2.09. The van der Waals surface area contributed by atoms with E-state index in [4.69, 9.17) is 5.26 Å². The Morgan fingerprint density at radius 3 is 2.95 bits per heavy atom. The third-order valence-electron chi connectivity index (χ3n) is 3.37. The van der Waals surface area contributed by atoms with E-state index in [9.17, 15) is 9.18 Å². The number of benzene rings is 1. The summed E-state index contributed by atoms with van der Waals surface area (Å²) in [6.45, 7) is 2.07. The smallest absolute Gasteiger partial charge is 0.222 e. The summed E-state index contributed by atoms with van der Waals surface area (Å²) in [4.78, 5) is 15.2. The van der Waals surface area contributed by atoms with E-state index in [1.807, 2.05) is 22.9 Å². The lowest BCUT2D eigenvalue weighted by Crippen LogP contribution is -2.34. The highest BCUT2D eigenvalue weighted by atomic mass is 19.1. The Morgan fingerprint density at radius 2 is 2.32 bits per heavy atom. The largest absolute Gasteiger partial charge is 0.372 e. The second kappa shape index (κ2) is 5.70. The number of carbonyl (C=O) groups excluding carboxylic acids is 1. The Balaban J connectivity index is 2.02. The lowest BCUT2D eigenvalue weighted by atomic mass is 10.1. The monoisotopic (exact) mass is 261 g/mol. The maximum absolute atomic E-state index is 13.1. The zero-order chi connectivity index (χ0) is 13.8. The van der Waals surface area contributed by atoms with Crippen LogP contribution in [0.4, 0.5) is 10.1 Å². The average Bonchev–Trinajstić information content (AvgIpc) is 2.81. The van der Waals surface area contributed by atoms with Crippen molar-refractivity contribution in [2.24, 2.45) is 0 Å². The molecular formula is C14H16FN3O. The van der Waals surface area contributed by atoms with E-state index in [0.29, 0.717) is 30.8 Å². The van der Waals surface area contributed by atoms with Crippen molar-refractivity contribution in [2.45, 2.75) is 12.8 Å². The summed E-state index contributed by atoms with van der Waals surface area (Å²) < 4.78 is 13.1. The minimum Gasteiger partial charge on any atom is -0.372 e. The van der Waals surface area contributed by atoms with Crippen molar-refractivity contribution in [1.82, 2.24) is 4.90 Å². The third-order valence-corrected chi connectivity index (χ3v) is 3.37. The molecule has 2 rings (SSSR count). The molecule has 0 unspecified atom stereocenters. The molecule has 5 heteroatoms. The fourth-order valence-corrected chi connectivity index (χ4v) is 2.26. The minimum absolute atomic E-state index is 0.188. The zero-order valence-electron chi connectivity index (χ0n) is 10.9. The normalized spacial score (nSPS) is 14.6. The van der Waals surface area contributed by atoms with Crippen LogP contribution in [0, 0.1) is 17.1 Å². The van der Waals surface area contributed by atoms with Gasteiger partial charge in [0.25, 0.3) is 0 Å². The summed E-state index contributed by atoms with van der Waals surface area (Å²) in [6, 6.07) is 6.16. The van der Waals surface area contributed by atoms with Gasteiger partial charge >= 0.3 is 0 Å². The van der Waals surface area contributed by atoms with Crippen LogP contribution in [-0.4, -0.2) is 37.5 Å². The highest BCUT2D eigenvalue weighted by Gasteiger charge is 2.20. The number of likely N-dealkylation sites (tertiary alicyclic amines) is 1. The van der Waals surface area contributed by atoms with Crippen LogP contribution in [0.5, 0.6) is 0 Å². The van der Waals surface area contributed by atoms with Gasteiger partial charge in [0.1, 0.15) is 11.9 Å². The summed E-state index contributed by atoms with van der Waals surface area (Å²) in [6.07, 6.45) is 1.55. The fraction of sp³-hybridized carbons (Fsp3) is 0.429. The molecule has 4 nitrogen and oxygen atoms in total. The molecule has 1 aliphatic heterocycles. The van der Waals surface area contributed by atoms with Crippen molar-refractivity contribution in [1.29, 1.82) is 5.26 Å². The van der Waals surface area contributed by atoms with Gasteiger partial charge < -0.3 is 9.80 Å². The van der Waals surface area contributed by atoms with Crippen molar-refractivity contribution in [3.05, 3.63) is 29.6 Å². The molecule has 1 fully saturated rings. The second-order valence-corrected chi connectivity index (χ2v) is 4.68. The van der Waals surface area contributed by atoms with Gasteiger partial charge in [-0.1, -0.05) is 0 Å². The van der Waals surface area contributed by atoms with E-state index >= 15 is 0 Å². The molecule has 1 aromatic carbocycles. The molecule has 0 N–H and O–H groups in total. The van der Waals surface area contributed by atoms with E-state index in [2.05, 4.69) is 0 Å². The molecule has 0 aliphatic carbocycles. The van der Waals surface area contributed by atoms with Crippen LogP contribution in [0.3, 0.4) is 0 Å². The summed E-state index contributed by atoms with van der Waals surface area (Å²) in [5.41, 5.74) is 1.01. The van der Waals surface area contributed by atoms with Crippen molar-refractivity contribution in [3.8, 4) is 6.07 Å². The van der Waals surface area contributed by atoms with Crippen LogP contribution in [0.1, 0.15) is 18.4 Å². The van der Waals surface area contributed by atoms with E-state index in [-0.39, 0.29) is 5.91 Å². The Kier molecular flexibility index (Phi) is 4.00. The van der Waals surface area contributed by atoms with Gasteiger partial charge in [0.05, 0.1) is 11.3 Å². The lowest BCUT2D eigenvalue weighted by Gasteiger charge is -2.24. The SMILES string of the molecule is CN(CCN1CCCC1=O)c1ccc(F)cc1C#N. The first-order chi connectivity index (χ1) is 9.11. The van der Waals surface area contributed by atoms with Crippen LogP contribution in [0.15, 0.2) is 18.2 Å². The summed E-state index contributed by atoms with van der Waals surface area (Å²) in [7, 11) is 1.84. The molecule has 1 heterocycles. The predicted octanol–water partition coefficient (Wildman–Crippen LogP) is 1.76. The first-order valence-corrected chi connectivity index (χ1v) is 6.30. The molecule has 0 spiro atoms. The van der Waals surface area contributed by atoms with Crippen LogP contribution in [-0.2, 0) is 4.79 Å². The molecule has 1 amide bonds. The number of nitrogens with zero attached hydrogens (tertiary/aromatic N) is 3. The zero-order valence-corrected chi connectivity index (χ0v) is 10.9. The highest BCUT2D eigenvalue weighted by molar-refractivity contribution is 5.78. The standard InChI is InChI=1S/C14H16FN3O/c1-17(7-8-18-6-2-3-14(18)19)13-5-4-12(15)9-11(13)10-16/h4-5,9H,2-3,6-8H2,1H3. The number of rotatable bonds is 4. The molecule has 1 saturated heterocycles. The number of amides is 1. The van der Waals surface area contributed by atoms with Crippen LogP contribution in [0.25, 0.3) is 0 Å². The van der Waals surface area contributed by atoms with Crippen LogP contribution < -0.4 is 4.90 Å². The molecule has 100 valence electrons. The van der Waals surface area contributed by atoms with Gasteiger partial charge in [0.15, 0.2) is 0 Å².